The number of nitrogens with zero attached hydrogens (tertiary/aromatic N) is 2. The highest BCUT2D eigenvalue weighted by Crippen LogP contribution is 2.32. The standard InChI is InChI=1S/C16H14N2O3S3/c1-3-21-15(20)10-9-23-16(17-10)18(2)14(19)13-7-6-12(24-13)11-5-4-8-22-11/h4-9H,3H2,1-2H3. The van der Waals surface area contributed by atoms with Gasteiger partial charge in [0, 0.05) is 22.2 Å². The van der Waals surface area contributed by atoms with Gasteiger partial charge in [-0.05, 0) is 30.5 Å². The highest BCUT2D eigenvalue weighted by Gasteiger charge is 2.21. The third-order valence-corrected chi connectivity index (χ3v) is 6.20. The van der Waals surface area contributed by atoms with Crippen LogP contribution in [0.3, 0.4) is 0 Å². The van der Waals surface area contributed by atoms with Gasteiger partial charge in [-0.25, -0.2) is 9.78 Å². The number of thiazole rings is 1. The van der Waals surface area contributed by atoms with Crippen molar-refractivity contribution < 1.29 is 14.3 Å². The van der Waals surface area contributed by atoms with Gasteiger partial charge in [0.2, 0.25) is 0 Å². The number of ether oxygens (including phenoxy) is 1. The van der Waals surface area contributed by atoms with Crippen molar-refractivity contribution in [3.8, 4) is 9.75 Å². The molecule has 0 saturated heterocycles. The molecule has 0 aliphatic carbocycles. The molecule has 0 aliphatic heterocycles. The number of hydrogen-bond acceptors (Lipinski definition) is 7. The molecule has 0 aliphatic rings. The van der Waals surface area contributed by atoms with E-state index in [1.54, 1.807) is 30.7 Å². The molecule has 3 aromatic heterocycles. The summed E-state index contributed by atoms with van der Waals surface area (Å²) in [6.07, 6.45) is 0. The van der Waals surface area contributed by atoms with Gasteiger partial charge in [0.25, 0.3) is 5.91 Å². The van der Waals surface area contributed by atoms with Crippen LogP contribution in [-0.2, 0) is 4.74 Å². The first-order valence-corrected chi connectivity index (χ1v) is 9.72. The molecule has 0 saturated carbocycles. The van der Waals surface area contributed by atoms with Crippen LogP contribution >= 0.6 is 34.0 Å². The van der Waals surface area contributed by atoms with Crippen LogP contribution in [0.15, 0.2) is 35.0 Å². The minimum Gasteiger partial charge on any atom is -0.461 e. The van der Waals surface area contributed by atoms with Crippen LogP contribution in [0, 0.1) is 0 Å². The van der Waals surface area contributed by atoms with Crippen LogP contribution in [0.1, 0.15) is 27.1 Å². The van der Waals surface area contributed by atoms with Crippen LogP contribution in [0.5, 0.6) is 0 Å². The maximum absolute atomic E-state index is 12.6. The molecular formula is C16H14N2O3S3. The van der Waals surface area contributed by atoms with Crippen molar-refractivity contribution in [2.24, 2.45) is 0 Å². The summed E-state index contributed by atoms with van der Waals surface area (Å²) < 4.78 is 4.92. The molecular weight excluding hydrogens is 364 g/mol. The maximum Gasteiger partial charge on any atom is 0.357 e. The molecule has 3 rings (SSSR count). The van der Waals surface area contributed by atoms with Crippen molar-refractivity contribution in [2.45, 2.75) is 6.92 Å². The van der Waals surface area contributed by atoms with Gasteiger partial charge in [0.05, 0.1) is 11.5 Å². The van der Waals surface area contributed by atoms with Crippen molar-refractivity contribution in [2.75, 3.05) is 18.6 Å². The number of amides is 1. The average molecular weight is 378 g/mol. The maximum atomic E-state index is 12.6. The molecule has 5 nitrogen and oxygen atoms in total. The summed E-state index contributed by atoms with van der Waals surface area (Å²) in [6, 6.07) is 7.78. The van der Waals surface area contributed by atoms with E-state index < -0.39 is 5.97 Å². The molecule has 24 heavy (non-hydrogen) atoms. The Kier molecular flexibility index (Phi) is 5.08. The topological polar surface area (TPSA) is 59.5 Å². The molecule has 0 N–H and O–H groups in total. The van der Waals surface area contributed by atoms with Crippen molar-refractivity contribution >= 4 is 51.0 Å². The number of aromatic nitrogens is 1. The Labute approximate surface area is 151 Å². The number of thiophene rings is 2. The second-order valence-corrected chi connectivity index (χ2v) is 7.61. The van der Waals surface area contributed by atoms with E-state index in [-0.39, 0.29) is 11.6 Å². The van der Waals surface area contributed by atoms with Crippen LogP contribution in [0.2, 0.25) is 0 Å². The van der Waals surface area contributed by atoms with E-state index >= 15 is 0 Å². The molecule has 0 atom stereocenters. The van der Waals surface area contributed by atoms with Crippen LogP contribution < -0.4 is 4.90 Å². The van der Waals surface area contributed by atoms with Crippen molar-refractivity contribution in [3.63, 3.8) is 0 Å². The summed E-state index contributed by atoms with van der Waals surface area (Å²) in [4.78, 5) is 32.8. The predicted octanol–water partition coefficient (Wildman–Crippen LogP) is 4.39. The molecule has 0 spiro atoms. The first-order valence-electron chi connectivity index (χ1n) is 7.14. The zero-order chi connectivity index (χ0) is 17.1. The van der Waals surface area contributed by atoms with Crippen molar-refractivity contribution in [3.05, 3.63) is 45.6 Å². The molecule has 0 radical (unpaired) electrons. The minimum atomic E-state index is -0.475. The van der Waals surface area contributed by atoms with Gasteiger partial charge >= 0.3 is 5.97 Å². The molecule has 0 fully saturated rings. The zero-order valence-electron chi connectivity index (χ0n) is 13.0. The lowest BCUT2D eigenvalue weighted by atomic mass is 10.3. The zero-order valence-corrected chi connectivity index (χ0v) is 15.5. The summed E-state index contributed by atoms with van der Waals surface area (Å²) in [5, 5.41) is 4.08. The van der Waals surface area contributed by atoms with E-state index in [0.29, 0.717) is 16.6 Å². The molecule has 1 amide bonds. The number of esters is 1. The van der Waals surface area contributed by atoms with E-state index in [4.69, 9.17) is 4.74 Å². The van der Waals surface area contributed by atoms with Crippen molar-refractivity contribution in [1.29, 1.82) is 0 Å². The van der Waals surface area contributed by atoms with E-state index in [0.717, 1.165) is 9.75 Å². The van der Waals surface area contributed by atoms with Gasteiger partial charge in [0.1, 0.15) is 0 Å². The number of carbonyl (C=O) groups excluding carboxylic acids is 2. The normalized spacial score (nSPS) is 10.6. The fourth-order valence-corrected chi connectivity index (χ4v) is 4.55. The highest BCUT2D eigenvalue weighted by atomic mass is 32.1. The smallest absolute Gasteiger partial charge is 0.357 e. The van der Waals surface area contributed by atoms with E-state index in [2.05, 4.69) is 4.98 Å². The van der Waals surface area contributed by atoms with Crippen molar-refractivity contribution in [1.82, 2.24) is 4.98 Å². The molecule has 8 heteroatoms. The lowest BCUT2D eigenvalue weighted by Crippen LogP contribution is -2.25. The first-order chi connectivity index (χ1) is 11.6. The van der Waals surface area contributed by atoms with Gasteiger partial charge in [-0.1, -0.05) is 6.07 Å². The second-order valence-electron chi connectivity index (χ2n) is 4.74. The lowest BCUT2D eigenvalue weighted by Gasteiger charge is -2.12. The Morgan fingerprint density at radius 2 is 2.04 bits per heavy atom. The van der Waals surface area contributed by atoms with Gasteiger partial charge in [-0.3, -0.25) is 9.69 Å². The Morgan fingerprint density at radius 1 is 1.21 bits per heavy atom. The Balaban J connectivity index is 1.76. The Morgan fingerprint density at radius 3 is 2.75 bits per heavy atom. The monoisotopic (exact) mass is 378 g/mol. The number of anilines is 1. The molecule has 3 aromatic rings. The van der Waals surface area contributed by atoms with Gasteiger partial charge in [0.15, 0.2) is 10.8 Å². The van der Waals surface area contributed by atoms with Crippen LogP contribution in [-0.4, -0.2) is 30.5 Å². The number of hydrogen-bond donors (Lipinski definition) is 0. The molecule has 124 valence electrons. The van der Waals surface area contributed by atoms with E-state index in [1.165, 1.54) is 27.6 Å². The van der Waals surface area contributed by atoms with Gasteiger partial charge in [-0.2, -0.15) is 0 Å². The van der Waals surface area contributed by atoms with E-state index in [1.807, 2.05) is 29.6 Å². The van der Waals surface area contributed by atoms with Gasteiger partial charge in [-0.15, -0.1) is 34.0 Å². The van der Waals surface area contributed by atoms with Crippen LogP contribution in [0.25, 0.3) is 9.75 Å². The van der Waals surface area contributed by atoms with Gasteiger partial charge < -0.3 is 4.74 Å². The Hall–Kier alpha value is -2.03. The summed E-state index contributed by atoms with van der Waals surface area (Å²) in [7, 11) is 1.65. The molecule has 0 unspecified atom stereocenters. The number of rotatable bonds is 5. The quantitative estimate of drug-likeness (QED) is 0.618. The summed E-state index contributed by atoms with van der Waals surface area (Å²) in [5.41, 5.74) is 0.224. The third kappa shape index (κ3) is 3.40. The molecule has 0 aromatic carbocycles. The molecule has 0 bridgehead atoms. The number of carbonyl (C=O) groups is 2. The summed E-state index contributed by atoms with van der Waals surface area (Å²) in [6.45, 7) is 2.03. The Bertz CT molecular complexity index is 852. The predicted molar refractivity (Wildman–Crippen MR) is 98.4 cm³/mol. The lowest BCUT2D eigenvalue weighted by molar-refractivity contribution is 0.0520. The van der Waals surface area contributed by atoms with Crippen LogP contribution in [0.4, 0.5) is 5.13 Å². The first kappa shape index (κ1) is 16.8. The summed E-state index contributed by atoms with van der Waals surface area (Å²) in [5.74, 6) is -0.621. The SMILES string of the molecule is CCOC(=O)c1csc(N(C)C(=O)c2ccc(-c3cccs3)s2)n1. The average Bonchev–Trinajstić information content (AvgIpc) is 3.34. The third-order valence-electron chi connectivity index (χ3n) is 3.15. The minimum absolute atomic E-state index is 0.146. The fraction of sp³-hybridized carbons (Fsp3) is 0.188. The second kappa shape index (κ2) is 7.25. The summed E-state index contributed by atoms with van der Waals surface area (Å²) >= 11 is 4.33. The molecule has 3 heterocycles. The van der Waals surface area contributed by atoms with E-state index in [9.17, 15) is 9.59 Å². The largest absolute Gasteiger partial charge is 0.461 e. The fourth-order valence-electron chi connectivity index (χ4n) is 1.97. The highest BCUT2D eigenvalue weighted by molar-refractivity contribution is 7.22.